The van der Waals surface area contributed by atoms with Gasteiger partial charge >= 0.3 is 6.03 Å². The van der Waals surface area contributed by atoms with Gasteiger partial charge in [0.25, 0.3) is 0 Å². The minimum atomic E-state index is -0.270. The minimum Gasteiger partial charge on any atom is -0.316 e. The molecule has 2 rings (SSSR count). The molecule has 0 aromatic carbocycles. The van der Waals surface area contributed by atoms with E-state index < -0.39 is 0 Å². The Labute approximate surface area is 105 Å². The molecule has 0 radical (unpaired) electrons. The van der Waals surface area contributed by atoms with E-state index in [4.69, 9.17) is 0 Å². The lowest BCUT2D eigenvalue weighted by molar-refractivity contribution is -0.125. The number of amides is 3. The number of nitrogens with one attached hydrogen (secondary N) is 1. The van der Waals surface area contributed by atoms with Crippen LogP contribution in [-0.2, 0) is 4.79 Å². The van der Waals surface area contributed by atoms with Crippen molar-refractivity contribution in [1.29, 1.82) is 0 Å². The van der Waals surface area contributed by atoms with Crippen molar-refractivity contribution in [3.63, 3.8) is 0 Å². The molecule has 2 atom stereocenters. The molecule has 0 spiro atoms. The molecule has 4 nitrogen and oxygen atoms in total. The van der Waals surface area contributed by atoms with Crippen molar-refractivity contribution in [2.24, 2.45) is 5.92 Å². The molecule has 0 saturated carbocycles. The lowest BCUT2D eigenvalue weighted by Gasteiger charge is -2.35. The Morgan fingerprint density at radius 2 is 2.35 bits per heavy atom. The van der Waals surface area contributed by atoms with E-state index in [1.807, 2.05) is 24.4 Å². The van der Waals surface area contributed by atoms with Gasteiger partial charge in [-0.25, -0.2) is 4.79 Å². The van der Waals surface area contributed by atoms with Gasteiger partial charge in [-0.3, -0.25) is 10.1 Å². The number of hydrogen-bond donors (Lipinski definition) is 1. The van der Waals surface area contributed by atoms with Gasteiger partial charge < -0.3 is 4.90 Å². The van der Waals surface area contributed by atoms with E-state index >= 15 is 0 Å². The molecule has 1 N–H and O–H groups in total. The second-order valence-electron chi connectivity index (χ2n) is 4.29. The number of rotatable bonds is 3. The summed E-state index contributed by atoms with van der Waals surface area (Å²) < 4.78 is 0. The Kier molecular flexibility index (Phi) is 3.47. The molecule has 0 bridgehead atoms. The number of thiophene rings is 1. The largest absolute Gasteiger partial charge is 0.324 e. The first kappa shape index (κ1) is 12.1. The number of hydrogen-bond acceptors (Lipinski definition) is 3. The number of carbonyl (C=O) groups is 2. The zero-order chi connectivity index (χ0) is 12.4. The topological polar surface area (TPSA) is 49.4 Å². The van der Waals surface area contributed by atoms with Crippen molar-refractivity contribution in [3.05, 3.63) is 22.4 Å². The lowest BCUT2D eigenvalue weighted by Crippen LogP contribution is -2.54. The summed E-state index contributed by atoms with van der Waals surface area (Å²) in [4.78, 5) is 26.2. The molecule has 0 aliphatic carbocycles. The van der Waals surface area contributed by atoms with Crippen LogP contribution < -0.4 is 5.32 Å². The van der Waals surface area contributed by atoms with Crippen LogP contribution in [0.4, 0.5) is 4.79 Å². The number of imide groups is 1. The van der Waals surface area contributed by atoms with Gasteiger partial charge in [0.05, 0.1) is 12.0 Å². The first-order chi connectivity index (χ1) is 8.13. The van der Waals surface area contributed by atoms with E-state index in [0.29, 0.717) is 6.54 Å². The Morgan fingerprint density at radius 3 is 2.94 bits per heavy atom. The van der Waals surface area contributed by atoms with Crippen LogP contribution >= 0.6 is 11.3 Å². The Hall–Kier alpha value is -1.36. The molecule has 92 valence electrons. The number of carbonyl (C=O) groups excluding carboxylic acids is 2. The van der Waals surface area contributed by atoms with Crippen molar-refractivity contribution in [2.45, 2.75) is 26.3 Å². The summed E-state index contributed by atoms with van der Waals surface area (Å²) in [6, 6.07) is 3.82. The van der Waals surface area contributed by atoms with Crippen molar-refractivity contribution in [3.8, 4) is 0 Å². The first-order valence-electron chi connectivity index (χ1n) is 5.78. The quantitative estimate of drug-likeness (QED) is 0.898. The highest BCUT2D eigenvalue weighted by molar-refractivity contribution is 7.10. The average Bonchev–Trinajstić information content (AvgIpc) is 2.80. The lowest BCUT2D eigenvalue weighted by atomic mass is 10.1. The number of nitrogens with zero attached hydrogens (tertiary/aromatic N) is 1. The summed E-state index contributed by atoms with van der Waals surface area (Å²) in [7, 11) is 0. The maximum Gasteiger partial charge on any atom is 0.324 e. The third kappa shape index (κ3) is 2.34. The first-order valence-corrected chi connectivity index (χ1v) is 6.66. The highest BCUT2D eigenvalue weighted by atomic mass is 32.1. The molecule has 1 aliphatic heterocycles. The van der Waals surface area contributed by atoms with Crippen LogP contribution in [0.1, 0.15) is 31.2 Å². The van der Waals surface area contributed by atoms with E-state index in [-0.39, 0.29) is 23.9 Å². The third-order valence-corrected chi connectivity index (χ3v) is 4.02. The van der Waals surface area contributed by atoms with Gasteiger partial charge in [0.15, 0.2) is 0 Å². The molecule has 1 aromatic rings. The van der Waals surface area contributed by atoms with E-state index in [9.17, 15) is 9.59 Å². The summed E-state index contributed by atoms with van der Waals surface area (Å²) in [5.74, 6) is -0.311. The smallest absolute Gasteiger partial charge is 0.316 e. The highest BCUT2D eigenvalue weighted by Gasteiger charge is 2.33. The molecule has 2 heterocycles. The highest BCUT2D eigenvalue weighted by Crippen LogP contribution is 2.29. The molecule has 2 unspecified atom stereocenters. The molecular weight excluding hydrogens is 236 g/mol. The van der Waals surface area contributed by atoms with Crippen LogP contribution in [0.3, 0.4) is 0 Å². The molecule has 1 aliphatic rings. The monoisotopic (exact) mass is 252 g/mol. The zero-order valence-electron chi connectivity index (χ0n) is 9.97. The normalized spacial score (nSPS) is 22.5. The van der Waals surface area contributed by atoms with Crippen molar-refractivity contribution in [2.75, 3.05) is 6.54 Å². The molecule has 17 heavy (non-hydrogen) atoms. The van der Waals surface area contributed by atoms with Crippen LogP contribution in [0.25, 0.3) is 0 Å². The van der Waals surface area contributed by atoms with Crippen LogP contribution in [0.2, 0.25) is 0 Å². The standard InChI is InChI=1S/C12H16N2O2S/c1-3-9(10-5-4-6-17-10)14-7-8(2)11(15)13-12(14)16/h4-6,8-9H,3,7H2,1-2H3,(H,13,15,16). The van der Waals surface area contributed by atoms with Crippen LogP contribution in [-0.4, -0.2) is 23.4 Å². The fraction of sp³-hybridized carbons (Fsp3) is 0.500. The Morgan fingerprint density at radius 1 is 1.59 bits per heavy atom. The van der Waals surface area contributed by atoms with Gasteiger partial charge in [0.1, 0.15) is 0 Å². The van der Waals surface area contributed by atoms with Crippen molar-refractivity contribution < 1.29 is 9.59 Å². The predicted molar refractivity (Wildman–Crippen MR) is 66.8 cm³/mol. The van der Waals surface area contributed by atoms with Crippen LogP contribution in [0.15, 0.2) is 17.5 Å². The SMILES string of the molecule is CCC(c1cccs1)N1CC(C)C(=O)NC1=O. The fourth-order valence-corrected chi connectivity index (χ4v) is 3.01. The van der Waals surface area contributed by atoms with Gasteiger partial charge in [-0.05, 0) is 17.9 Å². The molecule has 1 saturated heterocycles. The second-order valence-corrected chi connectivity index (χ2v) is 5.27. The molecule has 1 fully saturated rings. The van der Waals surface area contributed by atoms with E-state index in [2.05, 4.69) is 12.2 Å². The third-order valence-electron chi connectivity index (χ3n) is 3.04. The van der Waals surface area contributed by atoms with Crippen LogP contribution in [0, 0.1) is 5.92 Å². The van der Waals surface area contributed by atoms with Gasteiger partial charge in [0, 0.05) is 11.4 Å². The van der Waals surface area contributed by atoms with Gasteiger partial charge in [0.2, 0.25) is 5.91 Å². The molecule has 1 aromatic heterocycles. The molecule has 3 amide bonds. The van der Waals surface area contributed by atoms with Gasteiger partial charge in [-0.15, -0.1) is 11.3 Å². The average molecular weight is 252 g/mol. The summed E-state index contributed by atoms with van der Waals surface area (Å²) in [5.41, 5.74) is 0. The van der Waals surface area contributed by atoms with E-state index in [1.165, 1.54) is 4.88 Å². The Bertz CT molecular complexity index is 416. The van der Waals surface area contributed by atoms with Gasteiger partial charge in [-0.2, -0.15) is 0 Å². The summed E-state index contributed by atoms with van der Waals surface area (Å²) in [6.07, 6.45) is 0.856. The molecular formula is C12H16N2O2S. The van der Waals surface area contributed by atoms with E-state index in [0.717, 1.165) is 6.42 Å². The predicted octanol–water partition coefficient (Wildman–Crippen LogP) is 2.39. The van der Waals surface area contributed by atoms with Crippen molar-refractivity contribution >= 4 is 23.3 Å². The Balaban J connectivity index is 2.20. The maximum absolute atomic E-state index is 11.8. The van der Waals surface area contributed by atoms with E-state index in [1.54, 1.807) is 16.2 Å². The summed E-state index contributed by atoms with van der Waals surface area (Å²) in [6.45, 7) is 4.40. The summed E-state index contributed by atoms with van der Waals surface area (Å²) in [5, 5.41) is 4.42. The zero-order valence-corrected chi connectivity index (χ0v) is 10.8. The number of urea groups is 1. The molecule has 5 heteroatoms. The minimum absolute atomic E-state index is 0.0746. The fourth-order valence-electron chi connectivity index (χ4n) is 2.09. The second kappa shape index (κ2) is 4.87. The van der Waals surface area contributed by atoms with Gasteiger partial charge in [-0.1, -0.05) is 19.9 Å². The van der Waals surface area contributed by atoms with Crippen LogP contribution in [0.5, 0.6) is 0 Å². The summed E-state index contributed by atoms with van der Waals surface area (Å²) >= 11 is 1.65. The maximum atomic E-state index is 11.8. The van der Waals surface area contributed by atoms with Crippen molar-refractivity contribution in [1.82, 2.24) is 10.2 Å².